The lowest BCUT2D eigenvalue weighted by Crippen LogP contribution is -2.21. The number of carboxylic acids is 1. The first kappa shape index (κ1) is 14.1. The zero-order chi connectivity index (χ0) is 14.1. The number of aromatic carboxylic acids is 1. The third kappa shape index (κ3) is 3.05. The standard InChI is InChI=1S/C9H6F5NO3/c1-3-2-15-5(7(10)11)4(8(16)17)6(3)18-9(12,13)14/h2,7H,1H3,(H,16,17). The smallest absolute Gasteiger partial charge is 0.477 e. The van der Waals surface area contributed by atoms with Crippen LogP contribution in [0.4, 0.5) is 22.0 Å². The molecule has 0 aliphatic carbocycles. The molecule has 0 unspecified atom stereocenters. The molecule has 4 nitrogen and oxygen atoms in total. The molecule has 1 aromatic heterocycles. The molecule has 0 amide bonds. The Bertz CT molecular complexity index is 472. The first-order chi connectivity index (χ1) is 8.13. The summed E-state index contributed by atoms with van der Waals surface area (Å²) >= 11 is 0. The summed E-state index contributed by atoms with van der Waals surface area (Å²) in [6, 6.07) is 0. The van der Waals surface area contributed by atoms with Crippen LogP contribution >= 0.6 is 0 Å². The van der Waals surface area contributed by atoms with E-state index in [1.165, 1.54) is 0 Å². The molecule has 0 aliphatic heterocycles. The van der Waals surface area contributed by atoms with E-state index in [2.05, 4.69) is 9.72 Å². The summed E-state index contributed by atoms with van der Waals surface area (Å²) in [7, 11) is 0. The van der Waals surface area contributed by atoms with Crippen molar-refractivity contribution >= 4 is 5.97 Å². The number of hydrogen-bond acceptors (Lipinski definition) is 3. The number of pyridine rings is 1. The van der Waals surface area contributed by atoms with Crippen LogP contribution in [0.5, 0.6) is 5.75 Å². The minimum atomic E-state index is -5.18. The van der Waals surface area contributed by atoms with Gasteiger partial charge in [-0.1, -0.05) is 0 Å². The van der Waals surface area contributed by atoms with Gasteiger partial charge in [-0.15, -0.1) is 13.2 Å². The summed E-state index contributed by atoms with van der Waals surface area (Å²) in [5.74, 6) is -3.15. The molecule has 1 aromatic rings. The molecule has 1 heterocycles. The average molecular weight is 271 g/mol. The Morgan fingerprint density at radius 2 is 2.00 bits per heavy atom. The van der Waals surface area contributed by atoms with E-state index < -0.39 is 35.8 Å². The van der Waals surface area contributed by atoms with Crippen LogP contribution in [0.3, 0.4) is 0 Å². The van der Waals surface area contributed by atoms with Crippen LogP contribution in [-0.4, -0.2) is 22.4 Å². The second kappa shape index (κ2) is 4.75. The highest BCUT2D eigenvalue weighted by Crippen LogP contribution is 2.34. The van der Waals surface area contributed by atoms with E-state index in [0.29, 0.717) is 6.20 Å². The van der Waals surface area contributed by atoms with Gasteiger partial charge < -0.3 is 9.84 Å². The third-order valence-electron chi connectivity index (χ3n) is 1.88. The van der Waals surface area contributed by atoms with Crippen LogP contribution in [0.25, 0.3) is 0 Å². The summed E-state index contributed by atoms with van der Waals surface area (Å²) in [5, 5.41) is 8.70. The van der Waals surface area contributed by atoms with Gasteiger partial charge in [-0.3, -0.25) is 4.98 Å². The van der Waals surface area contributed by atoms with Gasteiger partial charge in [0.05, 0.1) is 0 Å². The molecule has 18 heavy (non-hydrogen) atoms. The molecular weight excluding hydrogens is 265 g/mol. The zero-order valence-electron chi connectivity index (χ0n) is 8.76. The highest BCUT2D eigenvalue weighted by molar-refractivity contribution is 5.92. The largest absolute Gasteiger partial charge is 0.573 e. The molecule has 0 radical (unpaired) electrons. The van der Waals surface area contributed by atoms with Crippen molar-refractivity contribution in [3.63, 3.8) is 0 Å². The van der Waals surface area contributed by atoms with Gasteiger partial charge in [0, 0.05) is 11.8 Å². The van der Waals surface area contributed by atoms with Crippen molar-refractivity contribution in [2.45, 2.75) is 19.7 Å². The quantitative estimate of drug-likeness (QED) is 0.859. The molecule has 0 bridgehead atoms. The number of nitrogens with zero attached hydrogens (tertiary/aromatic N) is 1. The fourth-order valence-corrected chi connectivity index (χ4v) is 1.22. The minimum absolute atomic E-state index is 0.311. The lowest BCUT2D eigenvalue weighted by atomic mass is 10.1. The molecule has 9 heteroatoms. The molecule has 0 aromatic carbocycles. The van der Waals surface area contributed by atoms with Crippen LogP contribution in [-0.2, 0) is 0 Å². The van der Waals surface area contributed by atoms with Gasteiger partial charge in [-0.25, -0.2) is 13.6 Å². The second-order valence-electron chi connectivity index (χ2n) is 3.18. The highest BCUT2D eigenvalue weighted by Gasteiger charge is 2.36. The van der Waals surface area contributed by atoms with Gasteiger partial charge in [0.15, 0.2) is 5.75 Å². The van der Waals surface area contributed by atoms with Crippen molar-refractivity contribution < 1.29 is 36.6 Å². The van der Waals surface area contributed by atoms with Crippen molar-refractivity contribution in [3.05, 3.63) is 23.0 Å². The van der Waals surface area contributed by atoms with E-state index >= 15 is 0 Å². The lowest BCUT2D eigenvalue weighted by molar-refractivity contribution is -0.275. The van der Waals surface area contributed by atoms with Crippen molar-refractivity contribution in [1.29, 1.82) is 0 Å². The number of carbonyl (C=O) groups is 1. The number of rotatable bonds is 3. The van der Waals surface area contributed by atoms with Gasteiger partial charge in [0.2, 0.25) is 0 Å². The Morgan fingerprint density at radius 3 is 2.39 bits per heavy atom. The zero-order valence-corrected chi connectivity index (χ0v) is 8.76. The maximum Gasteiger partial charge on any atom is 0.573 e. The number of hydrogen-bond donors (Lipinski definition) is 1. The topological polar surface area (TPSA) is 59.4 Å². The van der Waals surface area contributed by atoms with E-state index in [9.17, 15) is 26.7 Å². The number of ether oxygens (including phenoxy) is 1. The number of aryl methyl sites for hydroxylation is 1. The molecule has 0 saturated heterocycles. The first-order valence-corrected chi connectivity index (χ1v) is 4.40. The van der Waals surface area contributed by atoms with Gasteiger partial charge in [0.25, 0.3) is 6.43 Å². The molecular formula is C9H6F5NO3. The van der Waals surface area contributed by atoms with E-state index in [1.807, 2.05) is 0 Å². The molecule has 0 fully saturated rings. The molecule has 0 saturated carbocycles. The maximum absolute atomic E-state index is 12.5. The summed E-state index contributed by atoms with van der Waals surface area (Å²) in [4.78, 5) is 13.9. The Hall–Kier alpha value is -1.93. The Morgan fingerprint density at radius 1 is 1.44 bits per heavy atom. The lowest BCUT2D eigenvalue weighted by Gasteiger charge is -2.15. The fraction of sp³-hybridized carbons (Fsp3) is 0.333. The monoisotopic (exact) mass is 271 g/mol. The first-order valence-electron chi connectivity index (χ1n) is 4.40. The van der Waals surface area contributed by atoms with E-state index in [-0.39, 0.29) is 5.56 Å². The summed E-state index contributed by atoms with van der Waals surface area (Å²) < 4.78 is 64.6. The van der Waals surface area contributed by atoms with Crippen LogP contribution in [0.2, 0.25) is 0 Å². The number of halogens is 5. The molecule has 0 aliphatic rings. The molecule has 0 atom stereocenters. The van der Waals surface area contributed by atoms with Crippen LogP contribution in [0, 0.1) is 6.92 Å². The minimum Gasteiger partial charge on any atom is -0.477 e. The Labute approximate surface area is 97.0 Å². The van der Waals surface area contributed by atoms with E-state index in [1.54, 1.807) is 0 Å². The predicted octanol–water partition coefficient (Wildman–Crippen LogP) is 2.92. The maximum atomic E-state index is 12.5. The number of alkyl halides is 5. The van der Waals surface area contributed by atoms with Gasteiger partial charge in [-0.05, 0) is 6.92 Å². The second-order valence-corrected chi connectivity index (χ2v) is 3.18. The molecule has 1 rings (SSSR count). The summed E-state index contributed by atoms with van der Waals surface area (Å²) in [6.45, 7) is 1.07. The van der Waals surface area contributed by atoms with Crippen molar-refractivity contribution in [2.75, 3.05) is 0 Å². The highest BCUT2D eigenvalue weighted by atomic mass is 19.4. The van der Waals surface area contributed by atoms with Gasteiger partial charge in [-0.2, -0.15) is 0 Å². The van der Waals surface area contributed by atoms with Crippen LogP contribution < -0.4 is 4.74 Å². The number of aromatic nitrogens is 1. The van der Waals surface area contributed by atoms with Crippen molar-refractivity contribution in [3.8, 4) is 5.75 Å². The number of carboxylic acid groups (broad SMARTS) is 1. The van der Waals surface area contributed by atoms with Crippen LogP contribution in [0.1, 0.15) is 28.0 Å². The molecule has 1 N–H and O–H groups in total. The summed E-state index contributed by atoms with van der Waals surface area (Å²) in [6.07, 6.45) is -7.82. The normalized spacial score (nSPS) is 11.7. The SMILES string of the molecule is Cc1cnc(C(F)F)c(C(=O)O)c1OC(F)(F)F. The molecule has 0 spiro atoms. The third-order valence-corrected chi connectivity index (χ3v) is 1.88. The fourth-order valence-electron chi connectivity index (χ4n) is 1.22. The van der Waals surface area contributed by atoms with Gasteiger partial charge in [0.1, 0.15) is 11.3 Å². The van der Waals surface area contributed by atoms with Crippen LogP contribution in [0.15, 0.2) is 6.20 Å². The Kier molecular flexibility index (Phi) is 3.73. The molecule has 100 valence electrons. The van der Waals surface area contributed by atoms with Crippen molar-refractivity contribution in [1.82, 2.24) is 4.98 Å². The Balaban J connectivity index is 3.46. The summed E-state index contributed by atoms with van der Waals surface area (Å²) in [5.41, 5.74) is -2.87. The van der Waals surface area contributed by atoms with Gasteiger partial charge >= 0.3 is 12.3 Å². The van der Waals surface area contributed by atoms with E-state index in [4.69, 9.17) is 5.11 Å². The average Bonchev–Trinajstić information content (AvgIpc) is 2.17. The van der Waals surface area contributed by atoms with Crippen molar-refractivity contribution in [2.24, 2.45) is 0 Å². The van der Waals surface area contributed by atoms with E-state index in [0.717, 1.165) is 6.92 Å². The predicted molar refractivity (Wildman–Crippen MR) is 47.6 cm³/mol.